The largest absolute Gasteiger partial charge is 0.411 e. The molecular weight excluding hydrogens is 250 g/mol. The van der Waals surface area contributed by atoms with E-state index in [4.69, 9.17) is 9.94 Å². The fourth-order valence-electron chi connectivity index (χ4n) is 3.04. The first-order chi connectivity index (χ1) is 9.59. The molecule has 2 rings (SSSR count). The number of aryl methyl sites for hydroxylation is 1. The molecule has 1 fully saturated rings. The van der Waals surface area contributed by atoms with Crippen molar-refractivity contribution in [2.24, 2.45) is 5.16 Å². The van der Waals surface area contributed by atoms with Crippen LogP contribution in [0.3, 0.4) is 0 Å². The van der Waals surface area contributed by atoms with Crippen LogP contribution in [-0.2, 0) is 16.8 Å². The minimum atomic E-state index is -0.229. The van der Waals surface area contributed by atoms with Crippen LogP contribution in [0.4, 0.5) is 0 Å². The Morgan fingerprint density at radius 1 is 1.30 bits per heavy atom. The van der Waals surface area contributed by atoms with Gasteiger partial charge in [-0.15, -0.1) is 0 Å². The highest BCUT2D eigenvalue weighted by molar-refractivity contribution is 5.84. The molecule has 0 atom stereocenters. The van der Waals surface area contributed by atoms with Gasteiger partial charge in [-0.1, -0.05) is 36.3 Å². The standard InChI is InChI=1S/C17H25NO2/c1-4-14-6-5-7-15(12-14)17(20-13(2)3)10-8-16(18-19)9-11-17/h5-7,12-13,19H,4,8-11H2,1-3H3. The first-order valence-electron chi connectivity index (χ1n) is 7.56. The van der Waals surface area contributed by atoms with Crippen molar-refractivity contribution >= 4 is 5.71 Å². The number of benzene rings is 1. The van der Waals surface area contributed by atoms with Crippen LogP contribution in [0.5, 0.6) is 0 Å². The molecule has 1 aliphatic carbocycles. The Hall–Kier alpha value is -1.35. The number of oxime groups is 1. The molecule has 1 aliphatic rings. The Balaban J connectivity index is 2.31. The number of nitrogens with zero attached hydrogens (tertiary/aromatic N) is 1. The monoisotopic (exact) mass is 275 g/mol. The smallest absolute Gasteiger partial charge is 0.0942 e. The van der Waals surface area contributed by atoms with Crippen molar-refractivity contribution in [3.8, 4) is 0 Å². The van der Waals surface area contributed by atoms with Gasteiger partial charge in [0.1, 0.15) is 0 Å². The van der Waals surface area contributed by atoms with E-state index in [9.17, 15) is 0 Å². The summed E-state index contributed by atoms with van der Waals surface area (Å²) in [6, 6.07) is 8.72. The van der Waals surface area contributed by atoms with E-state index in [1.165, 1.54) is 11.1 Å². The van der Waals surface area contributed by atoms with Gasteiger partial charge in [0.2, 0.25) is 0 Å². The van der Waals surface area contributed by atoms with Crippen molar-refractivity contribution in [3.63, 3.8) is 0 Å². The maximum atomic E-state index is 8.94. The molecule has 1 saturated carbocycles. The normalized spacial score (nSPS) is 23.1. The molecule has 0 unspecified atom stereocenters. The van der Waals surface area contributed by atoms with E-state index in [1.54, 1.807) is 0 Å². The molecule has 1 N–H and O–H groups in total. The molecule has 0 saturated heterocycles. The number of rotatable bonds is 4. The Kier molecular flexibility index (Phi) is 4.81. The Bertz CT molecular complexity index is 470. The van der Waals surface area contributed by atoms with Crippen molar-refractivity contribution in [1.82, 2.24) is 0 Å². The second kappa shape index (κ2) is 6.40. The van der Waals surface area contributed by atoms with Gasteiger partial charge >= 0.3 is 0 Å². The molecule has 20 heavy (non-hydrogen) atoms. The van der Waals surface area contributed by atoms with Crippen molar-refractivity contribution in [1.29, 1.82) is 0 Å². The van der Waals surface area contributed by atoms with Gasteiger partial charge in [0.25, 0.3) is 0 Å². The van der Waals surface area contributed by atoms with Crippen LogP contribution in [0.1, 0.15) is 57.6 Å². The van der Waals surface area contributed by atoms with Gasteiger partial charge in [0, 0.05) is 0 Å². The Morgan fingerprint density at radius 3 is 2.55 bits per heavy atom. The van der Waals surface area contributed by atoms with Gasteiger partial charge in [-0.3, -0.25) is 0 Å². The van der Waals surface area contributed by atoms with E-state index in [2.05, 4.69) is 50.2 Å². The summed E-state index contributed by atoms with van der Waals surface area (Å²) in [5.41, 5.74) is 3.27. The first-order valence-corrected chi connectivity index (χ1v) is 7.56. The highest BCUT2D eigenvalue weighted by atomic mass is 16.5. The third-order valence-corrected chi connectivity index (χ3v) is 4.10. The van der Waals surface area contributed by atoms with Crippen LogP contribution in [0.15, 0.2) is 29.4 Å². The van der Waals surface area contributed by atoms with Gasteiger partial charge in [-0.25, -0.2) is 0 Å². The molecule has 0 radical (unpaired) electrons. The van der Waals surface area contributed by atoms with Crippen molar-refractivity contribution < 1.29 is 9.94 Å². The lowest BCUT2D eigenvalue weighted by atomic mass is 9.78. The molecular formula is C17H25NO2. The van der Waals surface area contributed by atoms with E-state index >= 15 is 0 Å². The highest BCUT2D eigenvalue weighted by Crippen LogP contribution is 2.41. The summed E-state index contributed by atoms with van der Waals surface area (Å²) < 4.78 is 6.32. The predicted octanol–water partition coefficient (Wildman–Crippen LogP) is 4.27. The third kappa shape index (κ3) is 3.21. The Morgan fingerprint density at radius 2 is 2.00 bits per heavy atom. The molecule has 1 aromatic rings. The van der Waals surface area contributed by atoms with E-state index in [1.807, 2.05) is 0 Å². The summed E-state index contributed by atoms with van der Waals surface area (Å²) in [5, 5.41) is 12.3. The molecule has 110 valence electrons. The van der Waals surface area contributed by atoms with Gasteiger partial charge < -0.3 is 9.94 Å². The molecule has 1 aromatic carbocycles. The minimum absolute atomic E-state index is 0.188. The van der Waals surface area contributed by atoms with Crippen molar-refractivity contribution in [2.75, 3.05) is 0 Å². The first kappa shape index (κ1) is 15.0. The molecule has 0 aliphatic heterocycles. The van der Waals surface area contributed by atoms with Crippen molar-refractivity contribution in [2.45, 2.75) is 64.6 Å². The molecule has 0 heterocycles. The number of ether oxygens (including phenoxy) is 1. The second-order valence-electron chi connectivity index (χ2n) is 5.88. The van der Waals surface area contributed by atoms with Gasteiger partial charge in [0.05, 0.1) is 17.4 Å². The summed E-state index contributed by atoms with van der Waals surface area (Å²) in [5.74, 6) is 0. The molecule has 3 heteroatoms. The van der Waals surface area contributed by atoms with Crippen LogP contribution in [-0.4, -0.2) is 17.0 Å². The number of hydrogen-bond acceptors (Lipinski definition) is 3. The lowest BCUT2D eigenvalue weighted by molar-refractivity contribution is -0.0982. The minimum Gasteiger partial charge on any atom is -0.411 e. The van der Waals surface area contributed by atoms with Gasteiger partial charge in [-0.2, -0.15) is 0 Å². The summed E-state index contributed by atoms with van der Waals surface area (Å²) >= 11 is 0. The lowest BCUT2D eigenvalue weighted by Crippen LogP contribution is -2.37. The maximum Gasteiger partial charge on any atom is 0.0942 e. The fourth-order valence-corrected chi connectivity index (χ4v) is 3.04. The summed E-state index contributed by atoms with van der Waals surface area (Å²) in [7, 11) is 0. The fraction of sp³-hybridized carbons (Fsp3) is 0.588. The Labute approximate surface area is 121 Å². The van der Waals surface area contributed by atoms with Gasteiger partial charge in [0.15, 0.2) is 0 Å². The van der Waals surface area contributed by atoms with Crippen LogP contribution >= 0.6 is 0 Å². The quantitative estimate of drug-likeness (QED) is 0.658. The molecule has 0 bridgehead atoms. The highest BCUT2D eigenvalue weighted by Gasteiger charge is 2.37. The zero-order valence-corrected chi connectivity index (χ0v) is 12.7. The van der Waals surface area contributed by atoms with Crippen molar-refractivity contribution in [3.05, 3.63) is 35.4 Å². The van der Waals surface area contributed by atoms with E-state index in [-0.39, 0.29) is 11.7 Å². The van der Waals surface area contributed by atoms with Crippen LogP contribution in [0, 0.1) is 0 Å². The van der Waals surface area contributed by atoms with E-state index in [0.717, 1.165) is 37.8 Å². The van der Waals surface area contributed by atoms with Crippen LogP contribution in [0.2, 0.25) is 0 Å². The summed E-state index contributed by atoms with van der Waals surface area (Å²) in [6.45, 7) is 6.34. The van der Waals surface area contributed by atoms with Crippen LogP contribution < -0.4 is 0 Å². The predicted molar refractivity (Wildman–Crippen MR) is 81.4 cm³/mol. The third-order valence-electron chi connectivity index (χ3n) is 4.10. The zero-order valence-electron chi connectivity index (χ0n) is 12.7. The molecule has 0 amide bonds. The van der Waals surface area contributed by atoms with E-state index < -0.39 is 0 Å². The molecule has 0 aromatic heterocycles. The average molecular weight is 275 g/mol. The lowest BCUT2D eigenvalue weighted by Gasteiger charge is -2.39. The number of hydrogen-bond donors (Lipinski definition) is 1. The summed E-state index contributed by atoms with van der Waals surface area (Å²) in [4.78, 5) is 0. The molecule has 3 nitrogen and oxygen atoms in total. The average Bonchev–Trinajstić information content (AvgIpc) is 2.47. The topological polar surface area (TPSA) is 41.8 Å². The summed E-state index contributed by atoms with van der Waals surface area (Å²) in [6.07, 6.45) is 4.61. The SMILES string of the molecule is CCc1cccc(C2(OC(C)C)CCC(=NO)CC2)c1. The van der Waals surface area contributed by atoms with Crippen LogP contribution in [0.25, 0.3) is 0 Å². The van der Waals surface area contributed by atoms with E-state index in [0.29, 0.717) is 0 Å². The molecule has 0 spiro atoms. The van der Waals surface area contributed by atoms with Gasteiger partial charge in [-0.05, 0) is 57.1 Å². The second-order valence-corrected chi connectivity index (χ2v) is 5.88. The maximum absolute atomic E-state index is 8.94. The zero-order chi connectivity index (χ0) is 14.6.